The molecule has 1 aromatic heterocycles. The van der Waals surface area contributed by atoms with Crippen LogP contribution in [0.4, 0.5) is 5.13 Å². The molecule has 0 spiro atoms. The van der Waals surface area contributed by atoms with Gasteiger partial charge in [-0.3, -0.25) is 14.9 Å². The monoisotopic (exact) mass is 494 g/mol. The molecule has 0 aliphatic heterocycles. The summed E-state index contributed by atoms with van der Waals surface area (Å²) in [6.45, 7) is 0.0147. The second kappa shape index (κ2) is 10.9. The maximum absolute atomic E-state index is 13.0. The molecule has 0 atom stereocenters. The third-order valence-corrected chi connectivity index (χ3v) is 7.11. The van der Waals surface area contributed by atoms with Crippen molar-refractivity contribution >= 4 is 43.8 Å². The highest BCUT2D eigenvalue weighted by molar-refractivity contribution is 7.90. The lowest BCUT2D eigenvalue weighted by atomic mass is 10.1. The first kappa shape index (κ1) is 24.8. The fraction of sp³-hybridized carbons (Fsp3) is 0.429. The van der Waals surface area contributed by atoms with E-state index >= 15 is 0 Å². The van der Waals surface area contributed by atoms with Gasteiger partial charge in [-0.1, -0.05) is 28.6 Å². The molecule has 0 bridgehead atoms. The Hall–Kier alpha value is -2.83. The van der Waals surface area contributed by atoms with Crippen LogP contribution in [0.5, 0.6) is 0 Å². The molecule has 12 heteroatoms. The van der Waals surface area contributed by atoms with Crippen molar-refractivity contribution in [2.24, 2.45) is 5.16 Å². The lowest BCUT2D eigenvalue weighted by Crippen LogP contribution is -2.28. The Morgan fingerprint density at radius 2 is 1.94 bits per heavy atom. The van der Waals surface area contributed by atoms with Gasteiger partial charge in [-0.25, -0.2) is 13.4 Å². The Morgan fingerprint density at radius 3 is 2.55 bits per heavy atom. The van der Waals surface area contributed by atoms with Gasteiger partial charge in [0.2, 0.25) is 0 Å². The molecule has 0 unspecified atom stereocenters. The van der Waals surface area contributed by atoms with Gasteiger partial charge >= 0.3 is 0 Å². The second-order valence-electron chi connectivity index (χ2n) is 7.68. The summed E-state index contributed by atoms with van der Waals surface area (Å²) in [5.41, 5.74) is 0.357. The van der Waals surface area contributed by atoms with Crippen LogP contribution in [-0.4, -0.2) is 73.5 Å². The third kappa shape index (κ3) is 6.59. The molecule has 10 nitrogen and oxygen atoms in total. The number of benzene rings is 1. The molecule has 2 aromatic rings. The first-order valence-corrected chi connectivity index (χ1v) is 13.1. The van der Waals surface area contributed by atoms with Gasteiger partial charge in [-0.15, -0.1) is 0 Å². The number of oxime groups is 1. The Labute approximate surface area is 196 Å². The van der Waals surface area contributed by atoms with Gasteiger partial charge in [0, 0.05) is 25.4 Å². The van der Waals surface area contributed by atoms with Crippen molar-refractivity contribution in [3.05, 3.63) is 40.9 Å². The van der Waals surface area contributed by atoms with Gasteiger partial charge in [-0.05, 0) is 37.8 Å². The Bertz CT molecular complexity index is 1120. The van der Waals surface area contributed by atoms with Crippen LogP contribution in [0.25, 0.3) is 0 Å². The molecular weight excluding hydrogens is 468 g/mol. The van der Waals surface area contributed by atoms with E-state index in [0.29, 0.717) is 10.4 Å². The minimum Gasteiger partial charge on any atom is -0.395 e. The zero-order chi connectivity index (χ0) is 24.0. The van der Waals surface area contributed by atoms with Crippen molar-refractivity contribution < 1.29 is 28.0 Å². The fourth-order valence-electron chi connectivity index (χ4n) is 3.23. The van der Waals surface area contributed by atoms with Gasteiger partial charge in [0.1, 0.15) is 11.0 Å². The highest BCUT2D eigenvalue weighted by atomic mass is 32.2. The van der Waals surface area contributed by atoms with Gasteiger partial charge in [0.15, 0.2) is 20.7 Å². The van der Waals surface area contributed by atoms with E-state index in [1.807, 2.05) is 0 Å². The maximum Gasteiger partial charge on any atom is 0.280 e. The standard InChI is InChI=1S/C21H26N4O6S2/c1-25(11-12-26)20(28)17-13-22-21(32-17)23-19(27)18(24-31-15-5-3-4-6-15)14-7-9-16(10-8-14)33(2,29)30/h7-10,13,15,26H,3-6,11-12H2,1-2H3,(H,22,23,27)/b24-18+. The van der Waals surface area contributed by atoms with Crippen LogP contribution in [0.1, 0.15) is 40.9 Å². The van der Waals surface area contributed by atoms with E-state index in [1.54, 1.807) is 7.05 Å². The molecule has 1 heterocycles. The van der Waals surface area contributed by atoms with Crippen molar-refractivity contribution in [2.75, 3.05) is 31.8 Å². The number of aliphatic hydroxyl groups excluding tert-OH is 1. The summed E-state index contributed by atoms with van der Waals surface area (Å²) in [7, 11) is -1.83. The second-order valence-corrected chi connectivity index (χ2v) is 10.7. The summed E-state index contributed by atoms with van der Waals surface area (Å²) in [5.74, 6) is -0.922. The summed E-state index contributed by atoms with van der Waals surface area (Å²) in [6.07, 6.45) is 6.15. The van der Waals surface area contributed by atoms with E-state index in [-0.39, 0.29) is 40.9 Å². The normalized spacial score (nSPS) is 14.8. The number of anilines is 1. The average molecular weight is 495 g/mol. The van der Waals surface area contributed by atoms with Gasteiger partial charge in [0.05, 0.1) is 17.7 Å². The highest BCUT2D eigenvalue weighted by Crippen LogP contribution is 2.23. The molecule has 1 aliphatic carbocycles. The lowest BCUT2D eigenvalue weighted by Gasteiger charge is -2.13. The van der Waals surface area contributed by atoms with E-state index in [0.717, 1.165) is 43.3 Å². The molecule has 2 amide bonds. The predicted octanol–water partition coefficient (Wildman–Crippen LogP) is 1.91. The van der Waals surface area contributed by atoms with Crippen molar-refractivity contribution in [2.45, 2.75) is 36.7 Å². The average Bonchev–Trinajstić information content (AvgIpc) is 3.45. The lowest BCUT2D eigenvalue weighted by molar-refractivity contribution is -0.110. The Balaban J connectivity index is 1.81. The number of nitrogens with one attached hydrogen (secondary N) is 1. The molecule has 0 saturated heterocycles. The first-order valence-electron chi connectivity index (χ1n) is 10.4. The van der Waals surface area contributed by atoms with E-state index < -0.39 is 15.7 Å². The number of likely N-dealkylation sites (N-methyl/N-ethyl adjacent to an activating group) is 1. The molecule has 178 valence electrons. The third-order valence-electron chi connectivity index (χ3n) is 5.09. The number of rotatable bonds is 9. The number of nitrogens with zero attached hydrogens (tertiary/aromatic N) is 3. The van der Waals surface area contributed by atoms with Crippen LogP contribution in [0.3, 0.4) is 0 Å². The van der Waals surface area contributed by atoms with Crippen LogP contribution < -0.4 is 5.32 Å². The SMILES string of the molecule is CN(CCO)C(=O)c1cnc(NC(=O)/C(=N/OC2CCCC2)c2ccc(S(C)(=O)=O)cc2)s1. The Kier molecular flexibility index (Phi) is 8.16. The topological polar surface area (TPSA) is 138 Å². The van der Waals surface area contributed by atoms with Gasteiger partial charge in [-0.2, -0.15) is 0 Å². The van der Waals surface area contributed by atoms with Crippen molar-refractivity contribution in [1.82, 2.24) is 9.88 Å². The molecule has 1 aliphatic rings. The smallest absolute Gasteiger partial charge is 0.280 e. The van der Waals surface area contributed by atoms with E-state index in [9.17, 15) is 18.0 Å². The number of sulfone groups is 1. The van der Waals surface area contributed by atoms with Crippen LogP contribution in [-0.2, 0) is 19.5 Å². The zero-order valence-electron chi connectivity index (χ0n) is 18.4. The number of carbonyl (C=O) groups is 2. The number of aromatic nitrogens is 1. The van der Waals surface area contributed by atoms with Crippen molar-refractivity contribution in [3.8, 4) is 0 Å². The minimum absolute atomic E-state index is 0.0255. The summed E-state index contributed by atoms with van der Waals surface area (Å²) in [6, 6.07) is 5.79. The molecule has 33 heavy (non-hydrogen) atoms. The fourth-order valence-corrected chi connectivity index (χ4v) is 4.67. The minimum atomic E-state index is -3.39. The first-order chi connectivity index (χ1) is 15.7. The number of aliphatic hydroxyl groups is 1. The van der Waals surface area contributed by atoms with E-state index in [1.165, 1.54) is 35.4 Å². The van der Waals surface area contributed by atoms with Gasteiger partial charge in [0.25, 0.3) is 11.8 Å². The van der Waals surface area contributed by atoms with E-state index in [2.05, 4.69) is 15.5 Å². The molecule has 1 aromatic carbocycles. The number of carbonyl (C=O) groups excluding carboxylic acids is 2. The molecule has 2 N–H and O–H groups in total. The summed E-state index contributed by atoms with van der Waals surface area (Å²) in [4.78, 5) is 36.8. The van der Waals surface area contributed by atoms with E-state index in [4.69, 9.17) is 9.94 Å². The summed E-state index contributed by atoms with van der Waals surface area (Å²) < 4.78 is 23.5. The number of thiazole rings is 1. The van der Waals surface area contributed by atoms with Crippen LogP contribution >= 0.6 is 11.3 Å². The zero-order valence-corrected chi connectivity index (χ0v) is 20.0. The molecule has 3 rings (SSSR count). The van der Waals surface area contributed by atoms with Crippen LogP contribution in [0, 0.1) is 0 Å². The summed E-state index contributed by atoms with van der Waals surface area (Å²) in [5, 5.41) is 15.9. The molecule has 1 saturated carbocycles. The van der Waals surface area contributed by atoms with Gasteiger partial charge < -0.3 is 14.8 Å². The Morgan fingerprint density at radius 1 is 1.27 bits per heavy atom. The van der Waals surface area contributed by atoms with Crippen LogP contribution in [0.15, 0.2) is 40.5 Å². The quantitative estimate of drug-likeness (QED) is 0.401. The van der Waals surface area contributed by atoms with Crippen molar-refractivity contribution in [1.29, 1.82) is 0 Å². The molecule has 0 radical (unpaired) electrons. The largest absolute Gasteiger partial charge is 0.395 e. The molecular formula is C21H26N4O6S2. The van der Waals surface area contributed by atoms with Crippen LogP contribution in [0.2, 0.25) is 0 Å². The molecule has 1 fully saturated rings. The van der Waals surface area contributed by atoms with Crippen molar-refractivity contribution in [3.63, 3.8) is 0 Å². The highest BCUT2D eigenvalue weighted by Gasteiger charge is 2.22. The maximum atomic E-state index is 13.0. The predicted molar refractivity (Wildman–Crippen MR) is 124 cm³/mol. The number of amides is 2. The summed E-state index contributed by atoms with van der Waals surface area (Å²) >= 11 is 0.994. The number of hydrogen-bond acceptors (Lipinski definition) is 9. The number of hydrogen-bond donors (Lipinski definition) is 2.